The lowest BCUT2D eigenvalue weighted by atomic mass is 10.0. The Labute approximate surface area is 167 Å². The number of hydrogen-bond donors (Lipinski definition) is 3. The Hall–Kier alpha value is -3.52. The van der Waals surface area contributed by atoms with Crippen molar-refractivity contribution in [1.82, 2.24) is 15.5 Å². The van der Waals surface area contributed by atoms with E-state index in [0.29, 0.717) is 18.8 Å². The van der Waals surface area contributed by atoms with Crippen molar-refractivity contribution in [1.29, 1.82) is 0 Å². The summed E-state index contributed by atoms with van der Waals surface area (Å²) in [7, 11) is 0. The molecular weight excluding hydrogens is 372 g/mol. The number of hydrogen-bond acceptors (Lipinski definition) is 6. The van der Waals surface area contributed by atoms with Crippen molar-refractivity contribution in [2.75, 3.05) is 5.73 Å². The number of imide groups is 2. The molecule has 0 spiro atoms. The Morgan fingerprint density at radius 3 is 2.41 bits per heavy atom. The van der Waals surface area contributed by atoms with Crippen LogP contribution in [0.4, 0.5) is 5.69 Å². The highest BCUT2D eigenvalue weighted by Crippen LogP contribution is 2.28. The number of carbonyl (C=O) groups excluding carboxylic acids is 4. The van der Waals surface area contributed by atoms with Crippen LogP contribution in [0.5, 0.6) is 0 Å². The molecule has 0 aromatic heterocycles. The van der Waals surface area contributed by atoms with Crippen molar-refractivity contribution in [2.24, 2.45) is 0 Å². The monoisotopic (exact) mass is 392 g/mol. The number of piperidine rings is 1. The van der Waals surface area contributed by atoms with Crippen LogP contribution in [0.2, 0.25) is 0 Å². The van der Waals surface area contributed by atoms with Crippen LogP contribution in [0.3, 0.4) is 0 Å². The van der Waals surface area contributed by atoms with Gasteiger partial charge in [-0.25, -0.2) is 0 Å². The van der Waals surface area contributed by atoms with Gasteiger partial charge in [0.25, 0.3) is 11.8 Å². The second kappa shape index (κ2) is 7.48. The van der Waals surface area contributed by atoms with Gasteiger partial charge in [0.05, 0.1) is 11.1 Å². The predicted molar refractivity (Wildman–Crippen MR) is 105 cm³/mol. The number of fused-ring (bicyclic) bond motifs is 1. The van der Waals surface area contributed by atoms with E-state index >= 15 is 0 Å². The number of nitrogen functional groups attached to an aromatic ring is 1. The topological polar surface area (TPSA) is 122 Å². The molecule has 8 nitrogen and oxygen atoms in total. The molecule has 0 aliphatic carbocycles. The molecule has 0 radical (unpaired) electrons. The first-order valence-corrected chi connectivity index (χ1v) is 9.33. The smallest absolute Gasteiger partial charge is 0.262 e. The largest absolute Gasteiger partial charge is 0.399 e. The first-order chi connectivity index (χ1) is 13.9. The van der Waals surface area contributed by atoms with Gasteiger partial charge in [0.15, 0.2) is 0 Å². The molecule has 4 amide bonds. The molecule has 2 heterocycles. The second-order valence-electron chi connectivity index (χ2n) is 7.18. The third-order valence-electron chi connectivity index (χ3n) is 5.11. The lowest BCUT2D eigenvalue weighted by Crippen LogP contribution is -2.54. The molecule has 2 aliphatic rings. The maximum absolute atomic E-state index is 12.8. The van der Waals surface area contributed by atoms with E-state index in [1.807, 2.05) is 24.3 Å². The van der Waals surface area contributed by atoms with E-state index in [1.165, 1.54) is 0 Å². The van der Waals surface area contributed by atoms with Crippen molar-refractivity contribution in [2.45, 2.75) is 32.0 Å². The van der Waals surface area contributed by atoms with E-state index in [-0.39, 0.29) is 24.0 Å². The van der Waals surface area contributed by atoms with Crippen LogP contribution >= 0.6 is 0 Å². The summed E-state index contributed by atoms with van der Waals surface area (Å²) in [6.45, 7) is 1.11. The van der Waals surface area contributed by atoms with Crippen LogP contribution in [-0.2, 0) is 22.7 Å². The summed E-state index contributed by atoms with van der Waals surface area (Å²) in [5.41, 5.74) is 8.91. The van der Waals surface area contributed by atoms with Gasteiger partial charge >= 0.3 is 0 Å². The van der Waals surface area contributed by atoms with Gasteiger partial charge in [-0.05, 0) is 41.8 Å². The van der Waals surface area contributed by atoms with E-state index in [2.05, 4.69) is 10.6 Å². The molecule has 4 N–H and O–H groups in total. The molecule has 148 valence electrons. The predicted octanol–water partition coefficient (Wildman–Crippen LogP) is 0.960. The average Bonchev–Trinajstić information content (AvgIpc) is 2.93. The maximum Gasteiger partial charge on any atom is 0.262 e. The van der Waals surface area contributed by atoms with Gasteiger partial charge in [0, 0.05) is 25.2 Å². The molecule has 0 saturated carbocycles. The standard InChI is InChI=1S/C21H20N4O4/c22-14-3-1-2-12(8-14)10-23-11-13-4-5-15-16(9-13)21(29)25(20(15)28)17-6-7-18(26)24-19(17)27/h1-5,8-9,17,23H,6-7,10-11,22H2,(H,24,26,27). The van der Waals surface area contributed by atoms with Gasteiger partial charge in [-0.15, -0.1) is 0 Å². The molecule has 2 aromatic rings. The Kier molecular flexibility index (Phi) is 4.85. The zero-order valence-electron chi connectivity index (χ0n) is 15.6. The van der Waals surface area contributed by atoms with Crippen LogP contribution < -0.4 is 16.4 Å². The highest BCUT2D eigenvalue weighted by Gasteiger charge is 2.44. The fourth-order valence-electron chi connectivity index (χ4n) is 3.68. The van der Waals surface area contributed by atoms with Gasteiger partial charge in [0.2, 0.25) is 11.8 Å². The molecule has 1 fully saturated rings. The number of nitrogens with two attached hydrogens (primary N) is 1. The first-order valence-electron chi connectivity index (χ1n) is 9.33. The zero-order chi connectivity index (χ0) is 20.5. The fourth-order valence-corrected chi connectivity index (χ4v) is 3.68. The van der Waals surface area contributed by atoms with E-state index in [4.69, 9.17) is 5.73 Å². The van der Waals surface area contributed by atoms with Crippen LogP contribution in [0.1, 0.15) is 44.7 Å². The summed E-state index contributed by atoms with van der Waals surface area (Å²) in [4.78, 5) is 49.9. The number of nitrogens with zero attached hydrogens (tertiary/aromatic N) is 1. The van der Waals surface area contributed by atoms with Crippen molar-refractivity contribution in [3.8, 4) is 0 Å². The number of amides is 4. The third kappa shape index (κ3) is 3.62. The molecule has 1 atom stereocenters. The molecule has 2 aliphatic heterocycles. The molecule has 2 aromatic carbocycles. The number of anilines is 1. The Balaban J connectivity index is 1.47. The number of nitrogens with one attached hydrogen (secondary N) is 2. The molecule has 29 heavy (non-hydrogen) atoms. The highest BCUT2D eigenvalue weighted by atomic mass is 16.2. The second-order valence-corrected chi connectivity index (χ2v) is 7.18. The summed E-state index contributed by atoms with van der Waals surface area (Å²) in [5.74, 6) is -2.01. The Bertz CT molecular complexity index is 1030. The number of carbonyl (C=O) groups is 4. The summed E-state index contributed by atoms with van der Waals surface area (Å²) < 4.78 is 0. The van der Waals surface area contributed by atoms with Gasteiger partial charge in [0.1, 0.15) is 6.04 Å². The van der Waals surface area contributed by atoms with Crippen molar-refractivity contribution >= 4 is 29.3 Å². The quantitative estimate of drug-likeness (QED) is 0.515. The highest BCUT2D eigenvalue weighted by molar-refractivity contribution is 6.23. The van der Waals surface area contributed by atoms with Crippen LogP contribution in [0.25, 0.3) is 0 Å². The zero-order valence-corrected chi connectivity index (χ0v) is 15.6. The van der Waals surface area contributed by atoms with Crippen LogP contribution in [0, 0.1) is 0 Å². The summed E-state index contributed by atoms with van der Waals surface area (Å²) in [6.07, 6.45) is 0.244. The number of rotatable bonds is 5. The maximum atomic E-state index is 12.8. The lowest BCUT2D eigenvalue weighted by Gasteiger charge is -2.27. The minimum absolute atomic E-state index is 0.100. The van der Waals surface area contributed by atoms with Gasteiger partial charge in [-0.2, -0.15) is 0 Å². The number of benzene rings is 2. The van der Waals surface area contributed by atoms with E-state index in [1.54, 1.807) is 18.2 Å². The minimum atomic E-state index is -0.954. The van der Waals surface area contributed by atoms with Crippen molar-refractivity contribution in [3.05, 3.63) is 64.7 Å². The van der Waals surface area contributed by atoms with Crippen molar-refractivity contribution < 1.29 is 19.2 Å². The van der Waals surface area contributed by atoms with Gasteiger partial charge in [-0.3, -0.25) is 29.4 Å². The Morgan fingerprint density at radius 1 is 0.966 bits per heavy atom. The first kappa shape index (κ1) is 18.8. The summed E-state index contributed by atoms with van der Waals surface area (Å²) >= 11 is 0. The van der Waals surface area contributed by atoms with E-state index in [9.17, 15) is 19.2 Å². The van der Waals surface area contributed by atoms with Crippen LogP contribution in [-0.4, -0.2) is 34.6 Å². The van der Waals surface area contributed by atoms with Crippen LogP contribution in [0.15, 0.2) is 42.5 Å². The van der Waals surface area contributed by atoms with Crippen molar-refractivity contribution in [3.63, 3.8) is 0 Å². The molecule has 4 rings (SSSR count). The molecule has 1 saturated heterocycles. The van der Waals surface area contributed by atoms with E-state index in [0.717, 1.165) is 16.0 Å². The lowest BCUT2D eigenvalue weighted by molar-refractivity contribution is -0.136. The Morgan fingerprint density at radius 2 is 1.69 bits per heavy atom. The summed E-state index contributed by atoms with van der Waals surface area (Å²) in [6, 6.07) is 11.7. The fraction of sp³-hybridized carbons (Fsp3) is 0.238. The van der Waals surface area contributed by atoms with E-state index < -0.39 is 29.7 Å². The average molecular weight is 392 g/mol. The van der Waals surface area contributed by atoms with Gasteiger partial charge in [-0.1, -0.05) is 18.2 Å². The van der Waals surface area contributed by atoms with Gasteiger partial charge < -0.3 is 11.1 Å². The molecule has 8 heteroatoms. The molecule has 0 bridgehead atoms. The normalized spacial score (nSPS) is 18.8. The molecule has 1 unspecified atom stereocenters. The minimum Gasteiger partial charge on any atom is -0.399 e. The summed E-state index contributed by atoms with van der Waals surface area (Å²) in [5, 5.41) is 5.47. The molecular formula is C21H20N4O4. The SMILES string of the molecule is Nc1cccc(CNCc2ccc3c(c2)C(=O)N(C2CCC(=O)NC2=O)C3=O)c1. The third-order valence-corrected chi connectivity index (χ3v) is 5.11.